The topological polar surface area (TPSA) is 17.1 Å². The average Bonchev–Trinajstić information content (AvgIpc) is 3.11. The molecule has 3 heteroatoms. The first-order chi connectivity index (χ1) is 22.2. The molecule has 0 N–H and O–H groups in total. The van der Waals surface area contributed by atoms with E-state index < -0.39 is 7.14 Å². The Morgan fingerprint density at radius 2 is 0.978 bits per heavy atom. The van der Waals surface area contributed by atoms with Crippen molar-refractivity contribution in [1.82, 2.24) is 0 Å². The summed E-state index contributed by atoms with van der Waals surface area (Å²) < 4.78 is 15.5. The van der Waals surface area contributed by atoms with E-state index in [-0.39, 0.29) is 0 Å². The SMILES string of the molecule is O=P1(c2ccccc2)c2ccccc2Sc2ccc(-c3c4ccccc4c(-c4cccc5ccccc45)c4ccccc34)cc21. The maximum atomic E-state index is 15.5. The van der Waals surface area contributed by atoms with Crippen LogP contribution in [0.25, 0.3) is 54.6 Å². The molecule has 0 bridgehead atoms. The second-order valence-corrected chi connectivity index (χ2v) is 15.3. The van der Waals surface area contributed by atoms with Gasteiger partial charge in [0.25, 0.3) is 0 Å². The molecule has 1 aliphatic heterocycles. The molecule has 8 aromatic rings. The normalized spacial score (nSPS) is 15.6. The summed E-state index contributed by atoms with van der Waals surface area (Å²) in [5, 5.41) is 10.0. The minimum absolute atomic E-state index is 0.872. The summed E-state index contributed by atoms with van der Waals surface area (Å²) in [6.45, 7) is 0. The summed E-state index contributed by atoms with van der Waals surface area (Å²) in [7, 11) is -3.12. The van der Waals surface area contributed by atoms with Crippen LogP contribution in [0.2, 0.25) is 0 Å². The van der Waals surface area contributed by atoms with Gasteiger partial charge in [-0.2, -0.15) is 0 Å². The zero-order chi connectivity index (χ0) is 30.0. The second kappa shape index (κ2) is 10.3. The zero-order valence-corrected chi connectivity index (χ0v) is 26.1. The fraction of sp³-hybridized carbons (Fsp3) is 0. The van der Waals surface area contributed by atoms with E-state index in [1.165, 1.54) is 49.0 Å². The molecule has 0 amide bonds. The Morgan fingerprint density at radius 3 is 1.71 bits per heavy atom. The van der Waals surface area contributed by atoms with Crippen molar-refractivity contribution < 1.29 is 4.57 Å². The van der Waals surface area contributed by atoms with Crippen molar-refractivity contribution in [1.29, 1.82) is 0 Å². The van der Waals surface area contributed by atoms with Crippen LogP contribution in [-0.4, -0.2) is 0 Å². The smallest absolute Gasteiger partial charge is 0.173 e. The van der Waals surface area contributed by atoms with Crippen LogP contribution >= 0.6 is 18.9 Å². The molecule has 0 fully saturated rings. The Labute approximate surface area is 266 Å². The van der Waals surface area contributed by atoms with Crippen LogP contribution in [0.4, 0.5) is 0 Å². The summed E-state index contributed by atoms with van der Waals surface area (Å²) in [5.41, 5.74) is 4.75. The Morgan fingerprint density at radius 1 is 0.422 bits per heavy atom. The predicted molar refractivity (Wildman–Crippen MR) is 193 cm³/mol. The minimum atomic E-state index is -3.12. The lowest BCUT2D eigenvalue weighted by atomic mass is 9.85. The monoisotopic (exact) mass is 610 g/mol. The molecule has 9 rings (SSSR count). The first kappa shape index (κ1) is 26.5. The molecular formula is C42H27OPS. The summed E-state index contributed by atoms with van der Waals surface area (Å²) >= 11 is 1.72. The zero-order valence-electron chi connectivity index (χ0n) is 24.4. The molecule has 8 aromatic carbocycles. The van der Waals surface area contributed by atoms with Crippen LogP contribution in [0.15, 0.2) is 174 Å². The third-order valence-corrected chi connectivity index (χ3v) is 13.7. The van der Waals surface area contributed by atoms with Crippen molar-refractivity contribution in [3.63, 3.8) is 0 Å². The number of hydrogen-bond acceptors (Lipinski definition) is 2. The summed E-state index contributed by atoms with van der Waals surface area (Å²) in [5.74, 6) is 0. The fourth-order valence-electron chi connectivity index (χ4n) is 7.15. The van der Waals surface area contributed by atoms with Gasteiger partial charge in [-0.25, -0.2) is 0 Å². The third kappa shape index (κ3) is 4.00. The van der Waals surface area contributed by atoms with E-state index in [2.05, 4.69) is 121 Å². The first-order valence-corrected chi connectivity index (χ1v) is 17.7. The number of benzene rings is 8. The van der Waals surface area contributed by atoms with Gasteiger partial charge in [-0.1, -0.05) is 151 Å². The standard InChI is InChI=1S/C42H27OPS/c43-44(30-15-2-1-3-16-30)37-23-10-11-24-39(37)45-40-26-25-29(27-38(40)44)41-33-18-6-8-20-35(33)42(36-21-9-7-19-34(36)41)32-22-12-14-28-13-4-5-17-31(28)32/h1-27H. The molecular weight excluding hydrogens is 584 g/mol. The number of hydrogen-bond donors (Lipinski definition) is 0. The largest absolute Gasteiger partial charge is 0.309 e. The lowest BCUT2D eigenvalue weighted by Crippen LogP contribution is -2.30. The predicted octanol–water partition coefficient (Wildman–Crippen LogP) is 10.6. The molecule has 1 nitrogen and oxygen atoms in total. The molecule has 1 atom stereocenters. The minimum Gasteiger partial charge on any atom is -0.309 e. The maximum Gasteiger partial charge on any atom is 0.173 e. The van der Waals surface area contributed by atoms with Crippen LogP contribution in [0.5, 0.6) is 0 Å². The summed E-state index contributed by atoms with van der Waals surface area (Å²) in [6.07, 6.45) is 0. The third-order valence-electron chi connectivity index (χ3n) is 9.12. The highest BCUT2D eigenvalue weighted by Gasteiger charge is 2.38. The van der Waals surface area contributed by atoms with Gasteiger partial charge in [0.15, 0.2) is 7.14 Å². The Kier molecular flexibility index (Phi) is 6.10. The molecule has 0 saturated heterocycles. The van der Waals surface area contributed by atoms with Gasteiger partial charge in [0.1, 0.15) is 0 Å². The molecule has 212 valence electrons. The van der Waals surface area contributed by atoms with E-state index in [4.69, 9.17) is 0 Å². The fourth-order valence-corrected chi connectivity index (χ4v) is 11.8. The Bertz CT molecular complexity index is 2440. The van der Waals surface area contributed by atoms with Crippen LogP contribution in [-0.2, 0) is 4.57 Å². The van der Waals surface area contributed by atoms with E-state index in [0.29, 0.717) is 0 Å². The van der Waals surface area contributed by atoms with Crippen molar-refractivity contribution in [2.24, 2.45) is 0 Å². The van der Waals surface area contributed by atoms with E-state index in [0.717, 1.165) is 31.3 Å². The molecule has 0 aromatic heterocycles. The van der Waals surface area contributed by atoms with Crippen molar-refractivity contribution in [3.8, 4) is 22.3 Å². The highest BCUT2D eigenvalue weighted by Crippen LogP contribution is 2.53. The lowest BCUT2D eigenvalue weighted by Gasteiger charge is -2.29. The second-order valence-electron chi connectivity index (χ2n) is 11.6. The highest BCUT2D eigenvalue weighted by molar-refractivity contribution is 8.02. The van der Waals surface area contributed by atoms with Gasteiger partial charge in [-0.3, -0.25) is 0 Å². The highest BCUT2D eigenvalue weighted by atomic mass is 32.2. The van der Waals surface area contributed by atoms with Crippen molar-refractivity contribution in [2.75, 3.05) is 0 Å². The lowest BCUT2D eigenvalue weighted by molar-refractivity contribution is 0.591. The average molecular weight is 611 g/mol. The molecule has 0 radical (unpaired) electrons. The van der Waals surface area contributed by atoms with Gasteiger partial charge in [-0.15, -0.1) is 0 Å². The molecule has 45 heavy (non-hydrogen) atoms. The van der Waals surface area contributed by atoms with Crippen LogP contribution in [0.1, 0.15) is 0 Å². The van der Waals surface area contributed by atoms with Gasteiger partial charge in [-0.05, 0) is 78.8 Å². The van der Waals surface area contributed by atoms with Gasteiger partial charge >= 0.3 is 0 Å². The van der Waals surface area contributed by atoms with E-state index >= 15 is 4.57 Å². The van der Waals surface area contributed by atoms with Gasteiger partial charge in [0.2, 0.25) is 0 Å². The maximum absolute atomic E-state index is 15.5. The number of rotatable bonds is 3. The van der Waals surface area contributed by atoms with Crippen LogP contribution < -0.4 is 15.9 Å². The number of fused-ring (bicyclic) bond motifs is 5. The van der Waals surface area contributed by atoms with Gasteiger partial charge < -0.3 is 4.57 Å². The van der Waals surface area contributed by atoms with Crippen LogP contribution in [0, 0.1) is 0 Å². The molecule has 0 spiro atoms. The Hall–Kier alpha value is -4.88. The molecule has 1 unspecified atom stereocenters. The van der Waals surface area contributed by atoms with Crippen molar-refractivity contribution in [2.45, 2.75) is 9.79 Å². The van der Waals surface area contributed by atoms with Gasteiger partial charge in [0.05, 0.1) is 0 Å². The molecule has 1 heterocycles. The van der Waals surface area contributed by atoms with Gasteiger partial charge in [0, 0.05) is 25.7 Å². The first-order valence-electron chi connectivity index (χ1n) is 15.2. The quantitative estimate of drug-likeness (QED) is 0.146. The molecule has 0 aliphatic carbocycles. The van der Waals surface area contributed by atoms with Crippen molar-refractivity contribution in [3.05, 3.63) is 164 Å². The van der Waals surface area contributed by atoms with E-state index in [1.807, 2.05) is 42.5 Å². The van der Waals surface area contributed by atoms with E-state index in [9.17, 15) is 0 Å². The van der Waals surface area contributed by atoms with Crippen LogP contribution in [0.3, 0.4) is 0 Å². The summed E-state index contributed by atoms with van der Waals surface area (Å²) in [6, 6.07) is 57.6. The Balaban J connectivity index is 1.36. The molecule has 0 saturated carbocycles. The van der Waals surface area contributed by atoms with Crippen molar-refractivity contribution >= 4 is 67.1 Å². The summed E-state index contributed by atoms with van der Waals surface area (Å²) in [4.78, 5) is 2.13. The van der Waals surface area contributed by atoms with E-state index in [1.54, 1.807) is 11.8 Å². The molecule has 1 aliphatic rings.